The molecular weight excluding hydrogens is 1030 g/mol. The minimum absolute atomic E-state index is 0.239. The zero-order valence-electron chi connectivity index (χ0n) is 49.1. The highest BCUT2D eigenvalue weighted by Gasteiger charge is 2.53. The Hall–Kier alpha value is -1.73. The van der Waals surface area contributed by atoms with E-state index in [9.17, 15) is 61.0 Å². The molecule has 3 saturated heterocycles. The van der Waals surface area contributed by atoms with Gasteiger partial charge in [0.15, 0.2) is 18.9 Å². The van der Waals surface area contributed by atoms with Crippen LogP contribution >= 0.6 is 0 Å². The molecule has 17 unspecified atom stereocenters. The summed E-state index contributed by atoms with van der Waals surface area (Å²) < 4.78 is 34.2. The van der Waals surface area contributed by atoms with Gasteiger partial charge in [0.05, 0.1) is 38.6 Å². The monoisotopic (exact) mass is 1150 g/mol. The molecule has 470 valence electrons. The van der Waals surface area contributed by atoms with Gasteiger partial charge >= 0.3 is 0 Å². The number of unbranched alkanes of at least 4 members (excludes halogenated alkanes) is 29. The number of amides is 1. The smallest absolute Gasteiger partial charge is 0.220 e. The van der Waals surface area contributed by atoms with Gasteiger partial charge < -0.3 is 89.9 Å². The van der Waals surface area contributed by atoms with Crippen LogP contribution in [0.1, 0.15) is 226 Å². The van der Waals surface area contributed by atoms with Gasteiger partial charge in [0, 0.05) is 6.42 Å². The van der Waals surface area contributed by atoms with E-state index >= 15 is 0 Å². The fourth-order valence-electron chi connectivity index (χ4n) is 10.8. The Morgan fingerprint density at radius 2 is 0.800 bits per heavy atom. The molecule has 0 aliphatic carbocycles. The van der Waals surface area contributed by atoms with Gasteiger partial charge in [-0.05, 0) is 32.1 Å². The average molecular weight is 1150 g/mol. The highest BCUT2D eigenvalue weighted by Crippen LogP contribution is 2.33. The predicted molar refractivity (Wildman–Crippen MR) is 305 cm³/mol. The number of aliphatic hydroxyl groups excluding tert-OH is 11. The van der Waals surface area contributed by atoms with Crippen LogP contribution in [0.25, 0.3) is 0 Å². The molecule has 3 heterocycles. The summed E-state index contributed by atoms with van der Waals surface area (Å²) in [6, 6.07) is -0.984. The van der Waals surface area contributed by atoms with Gasteiger partial charge in [-0.2, -0.15) is 0 Å². The third-order valence-corrected chi connectivity index (χ3v) is 16.0. The lowest BCUT2D eigenvalue weighted by atomic mass is 9.96. The SMILES string of the molecule is CCCCCCCCCCCCCCCCCCCC/C=C/CC/C=C/C(O)C(COC1OC(CO)C(OC2OC(CO)C(OC3OC(CO)C(O)C(O)C3O)C(O)C2O)C(O)C1O)NC(=O)CCCCCCCCCCCCC. The molecule has 0 aromatic heterocycles. The zero-order chi connectivity index (χ0) is 58.3. The summed E-state index contributed by atoms with van der Waals surface area (Å²) in [5.41, 5.74) is 0. The maximum absolute atomic E-state index is 13.3. The molecule has 0 aromatic carbocycles. The predicted octanol–water partition coefficient (Wildman–Crippen LogP) is 6.32. The third kappa shape index (κ3) is 28.0. The second-order valence-electron chi connectivity index (χ2n) is 22.9. The summed E-state index contributed by atoms with van der Waals surface area (Å²) in [6.07, 6.45) is 20.4. The minimum atomic E-state index is -1.98. The number of allylic oxidation sites excluding steroid dienone is 3. The molecule has 0 spiro atoms. The normalized spacial score (nSPS) is 30.1. The summed E-state index contributed by atoms with van der Waals surface area (Å²) in [6.45, 7) is 1.70. The molecule has 80 heavy (non-hydrogen) atoms. The number of aliphatic hydroxyl groups is 11. The van der Waals surface area contributed by atoms with Crippen molar-refractivity contribution in [2.24, 2.45) is 0 Å². The number of ether oxygens (including phenoxy) is 6. The van der Waals surface area contributed by atoms with E-state index in [2.05, 4.69) is 31.3 Å². The van der Waals surface area contributed by atoms with Gasteiger partial charge in [0.25, 0.3) is 0 Å². The maximum Gasteiger partial charge on any atom is 0.220 e. The van der Waals surface area contributed by atoms with Crippen molar-refractivity contribution in [1.82, 2.24) is 5.32 Å². The van der Waals surface area contributed by atoms with E-state index in [4.69, 9.17) is 28.4 Å². The first kappa shape index (κ1) is 72.5. The molecule has 3 aliphatic rings. The van der Waals surface area contributed by atoms with Gasteiger partial charge in [-0.1, -0.05) is 212 Å². The zero-order valence-corrected chi connectivity index (χ0v) is 49.1. The lowest BCUT2D eigenvalue weighted by Crippen LogP contribution is -2.66. The standard InChI is InChI=1S/C61H113NO18/c1-3-5-7-9-11-13-15-16-17-18-19-20-21-22-23-24-25-26-27-29-30-32-34-36-38-45(66)44(62-49(67)39-37-35-33-31-28-14-12-10-8-6-4-2)43-75-59-55(73)52(70)57(47(41-64)77-59)80-61-56(74)53(71)58(48(42-65)78-61)79-60-54(72)51(69)50(68)46(40-63)76-60/h29-30,36,38,44-48,50-61,63-66,68-74H,3-28,31-35,37,39-43H2,1-2H3,(H,62,67)/b30-29+,38-36+. The lowest BCUT2D eigenvalue weighted by molar-refractivity contribution is -0.379. The number of hydrogen-bond acceptors (Lipinski definition) is 18. The Morgan fingerprint density at radius 3 is 1.25 bits per heavy atom. The second-order valence-corrected chi connectivity index (χ2v) is 22.9. The summed E-state index contributed by atoms with van der Waals surface area (Å²) in [5, 5.41) is 120. The molecule has 0 bridgehead atoms. The Kier molecular flexibility index (Phi) is 40.5. The van der Waals surface area contributed by atoms with Crippen molar-refractivity contribution in [2.45, 2.75) is 330 Å². The first-order valence-corrected chi connectivity index (χ1v) is 31.6. The van der Waals surface area contributed by atoms with Crippen LogP contribution in [0.2, 0.25) is 0 Å². The number of carbonyl (C=O) groups is 1. The van der Waals surface area contributed by atoms with Gasteiger partial charge in [-0.25, -0.2) is 0 Å². The van der Waals surface area contributed by atoms with Gasteiger partial charge in [-0.3, -0.25) is 4.79 Å². The molecule has 0 saturated carbocycles. The van der Waals surface area contributed by atoms with Crippen LogP contribution < -0.4 is 5.32 Å². The summed E-state index contributed by atoms with van der Waals surface area (Å²) in [5.74, 6) is -0.286. The fourth-order valence-corrected chi connectivity index (χ4v) is 10.8. The largest absolute Gasteiger partial charge is 0.394 e. The first-order valence-electron chi connectivity index (χ1n) is 31.6. The van der Waals surface area contributed by atoms with Gasteiger partial charge in [0.2, 0.25) is 5.91 Å². The van der Waals surface area contributed by atoms with Gasteiger partial charge in [-0.15, -0.1) is 0 Å². The van der Waals surface area contributed by atoms with Crippen LogP contribution in [-0.4, -0.2) is 193 Å². The van der Waals surface area contributed by atoms with Crippen molar-refractivity contribution in [3.63, 3.8) is 0 Å². The van der Waals surface area contributed by atoms with Crippen molar-refractivity contribution >= 4 is 5.91 Å². The fraction of sp³-hybridized carbons (Fsp3) is 0.918. The summed E-state index contributed by atoms with van der Waals surface area (Å²) >= 11 is 0. The topological polar surface area (TPSA) is 307 Å². The Morgan fingerprint density at radius 1 is 0.438 bits per heavy atom. The molecular formula is C61H113NO18. The molecule has 19 heteroatoms. The maximum atomic E-state index is 13.3. The van der Waals surface area contributed by atoms with Crippen molar-refractivity contribution in [1.29, 1.82) is 0 Å². The number of rotatable bonds is 47. The van der Waals surface area contributed by atoms with Crippen LogP contribution in [0.4, 0.5) is 0 Å². The highest BCUT2D eigenvalue weighted by molar-refractivity contribution is 5.76. The molecule has 0 aromatic rings. The summed E-state index contributed by atoms with van der Waals surface area (Å²) in [4.78, 5) is 13.3. The molecule has 19 nitrogen and oxygen atoms in total. The number of nitrogens with one attached hydrogen (secondary N) is 1. The highest BCUT2D eigenvalue weighted by atomic mass is 16.8. The van der Waals surface area contributed by atoms with Crippen molar-refractivity contribution in [3.05, 3.63) is 24.3 Å². The lowest BCUT2D eigenvalue weighted by Gasteiger charge is -2.48. The minimum Gasteiger partial charge on any atom is -0.394 e. The Labute approximate surface area is 479 Å². The van der Waals surface area contributed by atoms with Crippen LogP contribution in [0.3, 0.4) is 0 Å². The van der Waals surface area contributed by atoms with E-state index in [0.29, 0.717) is 12.8 Å². The molecule has 0 radical (unpaired) electrons. The van der Waals surface area contributed by atoms with E-state index in [1.165, 1.54) is 154 Å². The van der Waals surface area contributed by atoms with E-state index < -0.39 is 124 Å². The van der Waals surface area contributed by atoms with E-state index in [1.807, 2.05) is 6.08 Å². The first-order chi connectivity index (χ1) is 38.8. The molecule has 3 fully saturated rings. The molecule has 3 aliphatic heterocycles. The van der Waals surface area contributed by atoms with Crippen LogP contribution in [0, 0.1) is 0 Å². The van der Waals surface area contributed by atoms with E-state index in [1.54, 1.807) is 6.08 Å². The third-order valence-electron chi connectivity index (χ3n) is 16.0. The van der Waals surface area contributed by atoms with Crippen LogP contribution in [-0.2, 0) is 33.2 Å². The Balaban J connectivity index is 1.47. The van der Waals surface area contributed by atoms with Crippen molar-refractivity contribution in [3.8, 4) is 0 Å². The Bertz CT molecular complexity index is 1560. The number of hydrogen-bond donors (Lipinski definition) is 12. The second kappa shape index (κ2) is 44.7. The molecule has 17 atom stereocenters. The van der Waals surface area contributed by atoms with Crippen molar-refractivity contribution < 1.29 is 89.4 Å². The van der Waals surface area contributed by atoms with Crippen LogP contribution in [0.5, 0.6) is 0 Å². The molecule has 3 rings (SSSR count). The number of carbonyl (C=O) groups excluding carboxylic acids is 1. The molecule has 12 N–H and O–H groups in total. The van der Waals surface area contributed by atoms with Crippen LogP contribution in [0.15, 0.2) is 24.3 Å². The van der Waals surface area contributed by atoms with E-state index in [0.717, 1.165) is 38.5 Å². The quantitative estimate of drug-likeness (QED) is 0.0234. The van der Waals surface area contributed by atoms with Crippen molar-refractivity contribution in [2.75, 3.05) is 26.4 Å². The van der Waals surface area contributed by atoms with E-state index in [-0.39, 0.29) is 18.9 Å². The average Bonchev–Trinajstić information content (AvgIpc) is 3.55. The summed E-state index contributed by atoms with van der Waals surface area (Å²) in [7, 11) is 0. The molecule has 1 amide bonds. The van der Waals surface area contributed by atoms with Gasteiger partial charge in [0.1, 0.15) is 73.2 Å².